The Morgan fingerprint density at radius 2 is 1.90 bits per heavy atom. The summed E-state index contributed by atoms with van der Waals surface area (Å²) in [4.78, 5) is 14.1. The predicted octanol–water partition coefficient (Wildman–Crippen LogP) is 4.21. The van der Waals surface area contributed by atoms with Gasteiger partial charge in [-0.15, -0.1) is 10.2 Å². The Hall–Kier alpha value is -2.16. The second-order valence-electron chi connectivity index (χ2n) is 7.86. The number of halogens is 4. The maximum atomic E-state index is 12.9. The molecule has 2 fully saturated rings. The van der Waals surface area contributed by atoms with Crippen LogP contribution in [0.4, 0.5) is 13.2 Å². The lowest BCUT2D eigenvalue weighted by Gasteiger charge is -2.28. The van der Waals surface area contributed by atoms with Gasteiger partial charge in [0.2, 0.25) is 0 Å². The summed E-state index contributed by atoms with van der Waals surface area (Å²) in [6.45, 7) is 0.694. The molecule has 4 rings (SSSR count). The number of amides is 1. The molecular formula is C19H21ClF3N5O. The van der Waals surface area contributed by atoms with E-state index in [1.165, 1.54) is 0 Å². The minimum absolute atomic E-state index is 0.00732. The normalized spacial score (nSPS) is 22.5. The average molecular weight is 428 g/mol. The highest BCUT2D eigenvalue weighted by molar-refractivity contribution is 6.33. The summed E-state index contributed by atoms with van der Waals surface area (Å²) in [5, 5.41) is 15.5. The number of carbonyl (C=O) groups excluding carboxylic acids is 1. The second-order valence-corrected chi connectivity index (χ2v) is 8.27. The average Bonchev–Trinajstić information content (AvgIpc) is 3.42. The number of tetrazole rings is 1. The SMILES string of the molecule is O=C(NC1CCC(Cn2nnc(C3CC3)n2)CC1)c1cc(C(F)(F)F)ccc1Cl. The minimum atomic E-state index is -4.52. The maximum absolute atomic E-state index is 12.9. The Labute approximate surface area is 170 Å². The highest BCUT2D eigenvalue weighted by Gasteiger charge is 2.32. The van der Waals surface area contributed by atoms with Gasteiger partial charge in [0.25, 0.3) is 5.91 Å². The fourth-order valence-corrected chi connectivity index (χ4v) is 3.90. The van der Waals surface area contributed by atoms with Gasteiger partial charge in [-0.05, 0) is 67.9 Å². The van der Waals surface area contributed by atoms with Crippen molar-refractivity contribution in [2.24, 2.45) is 5.92 Å². The molecular weight excluding hydrogens is 407 g/mol. The van der Waals surface area contributed by atoms with Gasteiger partial charge in [-0.1, -0.05) is 11.6 Å². The van der Waals surface area contributed by atoms with Gasteiger partial charge in [-0.2, -0.15) is 18.0 Å². The zero-order chi connectivity index (χ0) is 20.6. The molecule has 10 heteroatoms. The molecule has 0 aliphatic heterocycles. The number of hydrogen-bond acceptors (Lipinski definition) is 4. The van der Waals surface area contributed by atoms with Crippen LogP contribution in [0.15, 0.2) is 18.2 Å². The fraction of sp³-hybridized carbons (Fsp3) is 0.579. The zero-order valence-electron chi connectivity index (χ0n) is 15.6. The third-order valence-corrected chi connectivity index (χ3v) is 5.88. The predicted molar refractivity (Wildman–Crippen MR) is 99.5 cm³/mol. The summed E-state index contributed by atoms with van der Waals surface area (Å²) in [5.41, 5.74) is -1.04. The van der Waals surface area contributed by atoms with Crippen LogP contribution in [0.5, 0.6) is 0 Å². The Balaban J connectivity index is 1.30. The second kappa shape index (κ2) is 7.93. The van der Waals surface area contributed by atoms with Crippen LogP contribution in [-0.2, 0) is 12.7 Å². The molecule has 6 nitrogen and oxygen atoms in total. The van der Waals surface area contributed by atoms with E-state index in [0.717, 1.165) is 62.5 Å². The van der Waals surface area contributed by atoms with Crippen LogP contribution in [-0.4, -0.2) is 32.2 Å². The number of benzene rings is 1. The zero-order valence-corrected chi connectivity index (χ0v) is 16.4. The van der Waals surface area contributed by atoms with Gasteiger partial charge in [0.1, 0.15) is 0 Å². The molecule has 2 aromatic rings. The van der Waals surface area contributed by atoms with Crippen molar-refractivity contribution in [3.05, 3.63) is 40.2 Å². The molecule has 1 amide bonds. The summed E-state index contributed by atoms with van der Waals surface area (Å²) in [6, 6.07) is 2.70. The van der Waals surface area contributed by atoms with Crippen molar-refractivity contribution in [3.8, 4) is 0 Å². The Kier molecular flexibility index (Phi) is 5.50. The largest absolute Gasteiger partial charge is 0.416 e. The van der Waals surface area contributed by atoms with E-state index in [-0.39, 0.29) is 16.6 Å². The first kappa shape index (κ1) is 20.1. The van der Waals surface area contributed by atoms with Crippen LogP contribution in [0, 0.1) is 5.92 Å². The smallest absolute Gasteiger partial charge is 0.349 e. The maximum Gasteiger partial charge on any atom is 0.416 e. The molecule has 0 saturated heterocycles. The lowest BCUT2D eigenvalue weighted by molar-refractivity contribution is -0.137. The van der Waals surface area contributed by atoms with Crippen molar-refractivity contribution in [3.63, 3.8) is 0 Å². The first-order chi connectivity index (χ1) is 13.8. The van der Waals surface area contributed by atoms with Crippen molar-refractivity contribution < 1.29 is 18.0 Å². The van der Waals surface area contributed by atoms with Gasteiger partial charge in [0.15, 0.2) is 5.82 Å². The number of aromatic nitrogens is 4. The van der Waals surface area contributed by atoms with Crippen LogP contribution in [0.3, 0.4) is 0 Å². The molecule has 2 aliphatic carbocycles. The fourth-order valence-electron chi connectivity index (χ4n) is 3.70. The summed E-state index contributed by atoms with van der Waals surface area (Å²) < 4.78 is 38.7. The number of nitrogens with zero attached hydrogens (tertiary/aromatic N) is 4. The molecule has 1 aromatic carbocycles. The minimum Gasteiger partial charge on any atom is -0.349 e. The number of carbonyl (C=O) groups is 1. The topological polar surface area (TPSA) is 72.7 Å². The Morgan fingerprint density at radius 1 is 1.17 bits per heavy atom. The number of rotatable bonds is 5. The Bertz CT molecular complexity index is 888. The molecule has 156 valence electrons. The lowest BCUT2D eigenvalue weighted by atomic mass is 9.86. The quantitative estimate of drug-likeness (QED) is 0.775. The van der Waals surface area contributed by atoms with E-state index in [0.29, 0.717) is 18.4 Å². The molecule has 1 heterocycles. The summed E-state index contributed by atoms with van der Waals surface area (Å²) in [7, 11) is 0. The standard InChI is InChI=1S/C19H21ClF3N5O/c20-16-8-5-13(19(21,22)23)9-15(16)18(29)24-14-6-1-11(2-7-14)10-28-26-17(25-27-28)12-3-4-12/h5,8-9,11-12,14H,1-4,6-7,10H2,(H,24,29). The molecule has 0 unspecified atom stereocenters. The van der Waals surface area contributed by atoms with Gasteiger partial charge in [-0.25, -0.2) is 0 Å². The van der Waals surface area contributed by atoms with Crippen LogP contribution < -0.4 is 5.32 Å². The summed E-state index contributed by atoms with van der Waals surface area (Å²) in [5.74, 6) is 1.11. The van der Waals surface area contributed by atoms with Crippen molar-refractivity contribution >= 4 is 17.5 Å². The van der Waals surface area contributed by atoms with E-state index in [4.69, 9.17) is 11.6 Å². The monoisotopic (exact) mass is 427 g/mol. The van der Waals surface area contributed by atoms with Gasteiger partial charge < -0.3 is 5.32 Å². The molecule has 0 atom stereocenters. The third kappa shape index (κ3) is 4.88. The van der Waals surface area contributed by atoms with E-state index in [9.17, 15) is 18.0 Å². The molecule has 0 spiro atoms. The van der Waals surface area contributed by atoms with E-state index in [2.05, 4.69) is 20.7 Å². The van der Waals surface area contributed by atoms with Gasteiger partial charge >= 0.3 is 6.18 Å². The van der Waals surface area contributed by atoms with E-state index in [1.807, 2.05) is 0 Å². The molecule has 2 saturated carbocycles. The number of nitrogens with one attached hydrogen (secondary N) is 1. The lowest BCUT2D eigenvalue weighted by Crippen LogP contribution is -2.38. The highest BCUT2D eigenvalue weighted by Crippen LogP contribution is 2.37. The Morgan fingerprint density at radius 3 is 2.55 bits per heavy atom. The molecule has 0 radical (unpaired) electrons. The molecule has 29 heavy (non-hydrogen) atoms. The summed E-state index contributed by atoms with van der Waals surface area (Å²) >= 11 is 5.95. The summed E-state index contributed by atoms with van der Waals surface area (Å²) in [6.07, 6.45) is 0.989. The van der Waals surface area contributed by atoms with Crippen LogP contribution in [0.25, 0.3) is 0 Å². The van der Waals surface area contributed by atoms with Crippen LogP contribution in [0.1, 0.15) is 66.2 Å². The van der Waals surface area contributed by atoms with Gasteiger partial charge in [0.05, 0.1) is 22.7 Å². The highest BCUT2D eigenvalue weighted by atomic mass is 35.5. The molecule has 1 aromatic heterocycles. The molecule has 1 N–H and O–H groups in total. The van der Waals surface area contributed by atoms with Gasteiger partial charge in [0, 0.05) is 12.0 Å². The van der Waals surface area contributed by atoms with Crippen molar-refractivity contribution in [1.82, 2.24) is 25.5 Å². The van der Waals surface area contributed by atoms with E-state index in [1.54, 1.807) is 4.80 Å². The van der Waals surface area contributed by atoms with Crippen molar-refractivity contribution in [2.75, 3.05) is 0 Å². The number of alkyl halides is 3. The van der Waals surface area contributed by atoms with Crippen molar-refractivity contribution in [1.29, 1.82) is 0 Å². The molecule has 0 bridgehead atoms. The van der Waals surface area contributed by atoms with E-state index < -0.39 is 17.6 Å². The molecule has 2 aliphatic rings. The van der Waals surface area contributed by atoms with E-state index >= 15 is 0 Å². The van der Waals surface area contributed by atoms with Gasteiger partial charge in [-0.3, -0.25) is 4.79 Å². The van der Waals surface area contributed by atoms with Crippen LogP contribution in [0.2, 0.25) is 5.02 Å². The van der Waals surface area contributed by atoms with Crippen LogP contribution >= 0.6 is 11.6 Å². The number of hydrogen-bond donors (Lipinski definition) is 1. The first-order valence-corrected chi connectivity index (χ1v) is 10.1. The third-order valence-electron chi connectivity index (χ3n) is 5.55. The first-order valence-electron chi connectivity index (χ1n) is 9.75. The van der Waals surface area contributed by atoms with Crippen molar-refractivity contribution in [2.45, 2.75) is 63.2 Å².